The topological polar surface area (TPSA) is 103 Å². The number of rotatable bonds is 6. The molecule has 2 aromatic rings. The molecule has 0 saturated heterocycles. The molecule has 0 unspecified atom stereocenters. The molecule has 1 heterocycles. The zero-order chi connectivity index (χ0) is 14.5. The van der Waals surface area contributed by atoms with Crippen LogP contribution in [-0.2, 0) is 11.5 Å². The highest BCUT2D eigenvalue weighted by Crippen LogP contribution is 2.21. The van der Waals surface area contributed by atoms with E-state index in [2.05, 4.69) is 10.1 Å². The van der Waals surface area contributed by atoms with Crippen LogP contribution in [0, 0.1) is 0 Å². The number of ether oxygens (including phenoxy) is 1. The summed E-state index contributed by atoms with van der Waals surface area (Å²) in [6.45, 7) is 0.0906. The van der Waals surface area contributed by atoms with Crippen LogP contribution in [0.15, 0.2) is 24.3 Å². The van der Waals surface area contributed by atoms with Gasteiger partial charge in [-0.05, 0) is 12.1 Å². The monoisotopic (exact) mass is 296 g/mol. The Bertz CT molecular complexity index is 614. The van der Waals surface area contributed by atoms with E-state index in [0.29, 0.717) is 16.4 Å². The predicted octanol–water partition coefficient (Wildman–Crippen LogP) is 0.664. The number of aromatic nitrogens is 3. The minimum atomic E-state index is -0.728. The second kappa shape index (κ2) is 6.47. The fourth-order valence-electron chi connectivity index (χ4n) is 1.59. The Morgan fingerprint density at radius 2 is 2.30 bits per heavy atom. The van der Waals surface area contributed by atoms with Crippen molar-refractivity contribution in [2.24, 2.45) is 5.73 Å². The van der Waals surface area contributed by atoms with Gasteiger partial charge in [-0.15, -0.1) is 5.10 Å². The third-order valence-electron chi connectivity index (χ3n) is 2.42. The molecule has 0 fully saturated rings. The van der Waals surface area contributed by atoms with Crippen molar-refractivity contribution in [3.8, 4) is 11.4 Å². The van der Waals surface area contributed by atoms with E-state index in [1.54, 1.807) is 24.3 Å². The van der Waals surface area contributed by atoms with Gasteiger partial charge in [-0.25, -0.2) is 9.67 Å². The Morgan fingerprint density at radius 3 is 2.95 bits per heavy atom. The van der Waals surface area contributed by atoms with E-state index in [1.807, 2.05) is 0 Å². The van der Waals surface area contributed by atoms with E-state index < -0.39 is 5.91 Å². The lowest BCUT2D eigenvalue weighted by molar-refractivity contribution is 0.0425. The van der Waals surface area contributed by atoms with Crippen LogP contribution >= 0.6 is 11.6 Å². The average Bonchev–Trinajstić information content (AvgIpc) is 2.83. The summed E-state index contributed by atoms with van der Waals surface area (Å²) < 4.78 is 6.57. The van der Waals surface area contributed by atoms with Crippen LogP contribution in [0.1, 0.15) is 10.6 Å². The number of primary amides is 1. The quantitative estimate of drug-likeness (QED) is 0.762. The summed E-state index contributed by atoms with van der Waals surface area (Å²) in [5, 5.41) is 13.2. The van der Waals surface area contributed by atoms with Crippen LogP contribution < -0.4 is 5.73 Å². The fraction of sp³-hybridized carbons (Fsp3) is 0.250. The summed E-state index contributed by atoms with van der Waals surface area (Å²) in [5.41, 5.74) is 5.86. The molecule has 0 aliphatic rings. The Morgan fingerprint density at radius 1 is 1.50 bits per heavy atom. The number of carbonyl (C=O) groups is 1. The van der Waals surface area contributed by atoms with Gasteiger partial charge in [0, 0.05) is 10.6 Å². The predicted molar refractivity (Wildman–Crippen MR) is 72.0 cm³/mol. The maximum atomic E-state index is 11.2. The molecule has 3 N–H and O–H groups in total. The number of hydrogen-bond acceptors (Lipinski definition) is 5. The second-order valence-corrected chi connectivity index (χ2v) is 4.33. The number of nitrogens with zero attached hydrogens (tertiary/aromatic N) is 3. The van der Waals surface area contributed by atoms with Crippen molar-refractivity contribution in [3.63, 3.8) is 0 Å². The molecular formula is C12H13ClN4O3. The largest absolute Gasteiger partial charge is 0.394 e. The Hall–Kier alpha value is -1.96. The summed E-state index contributed by atoms with van der Waals surface area (Å²) >= 11 is 5.93. The number of halogens is 1. The van der Waals surface area contributed by atoms with Gasteiger partial charge < -0.3 is 15.6 Å². The number of aliphatic hydroxyl groups is 1. The smallest absolute Gasteiger partial charge is 0.288 e. The van der Waals surface area contributed by atoms with E-state index in [4.69, 9.17) is 27.2 Å². The van der Waals surface area contributed by atoms with Gasteiger partial charge in [0.05, 0.1) is 13.2 Å². The van der Waals surface area contributed by atoms with E-state index >= 15 is 0 Å². The van der Waals surface area contributed by atoms with Gasteiger partial charge in [0.15, 0.2) is 5.82 Å². The van der Waals surface area contributed by atoms with E-state index in [9.17, 15) is 4.79 Å². The normalized spacial score (nSPS) is 10.7. The van der Waals surface area contributed by atoms with E-state index in [1.165, 1.54) is 4.68 Å². The lowest BCUT2D eigenvalue weighted by Gasteiger charge is -2.06. The van der Waals surface area contributed by atoms with Gasteiger partial charge in [0.1, 0.15) is 6.73 Å². The third kappa shape index (κ3) is 3.32. The molecule has 7 nitrogen and oxygen atoms in total. The first-order valence-corrected chi connectivity index (χ1v) is 6.19. The summed E-state index contributed by atoms with van der Waals surface area (Å²) in [4.78, 5) is 15.2. The van der Waals surface area contributed by atoms with Crippen molar-refractivity contribution in [2.45, 2.75) is 6.73 Å². The van der Waals surface area contributed by atoms with Crippen molar-refractivity contribution in [3.05, 3.63) is 35.1 Å². The molecule has 8 heteroatoms. The maximum absolute atomic E-state index is 11.2. The summed E-state index contributed by atoms with van der Waals surface area (Å²) in [5.74, 6) is -0.416. The van der Waals surface area contributed by atoms with Crippen LogP contribution in [0.2, 0.25) is 5.02 Å². The molecule has 0 atom stereocenters. The molecule has 0 bridgehead atoms. The molecule has 106 valence electrons. The minimum Gasteiger partial charge on any atom is -0.394 e. The van der Waals surface area contributed by atoms with E-state index in [-0.39, 0.29) is 25.8 Å². The lowest BCUT2D eigenvalue weighted by atomic mass is 10.2. The van der Waals surface area contributed by atoms with Crippen LogP contribution in [0.5, 0.6) is 0 Å². The first kappa shape index (κ1) is 14.4. The fourth-order valence-corrected chi connectivity index (χ4v) is 1.78. The van der Waals surface area contributed by atoms with Crippen LogP contribution in [-0.4, -0.2) is 39.0 Å². The molecular weight excluding hydrogens is 284 g/mol. The van der Waals surface area contributed by atoms with Gasteiger partial charge in [-0.1, -0.05) is 23.7 Å². The Kier molecular flexibility index (Phi) is 4.67. The molecule has 0 saturated carbocycles. The minimum absolute atomic E-state index is 0.0443. The summed E-state index contributed by atoms with van der Waals surface area (Å²) in [6.07, 6.45) is 0. The van der Waals surface area contributed by atoms with Crippen LogP contribution in [0.4, 0.5) is 0 Å². The molecule has 0 aliphatic carbocycles. The average molecular weight is 297 g/mol. The second-order valence-electron chi connectivity index (χ2n) is 3.89. The molecule has 1 aromatic heterocycles. The van der Waals surface area contributed by atoms with Gasteiger partial charge in [0.25, 0.3) is 5.91 Å². The number of benzene rings is 1. The van der Waals surface area contributed by atoms with Crippen molar-refractivity contribution in [1.29, 1.82) is 0 Å². The van der Waals surface area contributed by atoms with Crippen molar-refractivity contribution in [2.75, 3.05) is 13.2 Å². The molecule has 2 rings (SSSR count). The zero-order valence-electron chi connectivity index (χ0n) is 10.5. The van der Waals surface area contributed by atoms with Crippen molar-refractivity contribution >= 4 is 17.5 Å². The molecule has 0 radical (unpaired) electrons. The summed E-state index contributed by atoms with van der Waals surface area (Å²) in [7, 11) is 0. The first-order chi connectivity index (χ1) is 9.61. The van der Waals surface area contributed by atoms with Crippen LogP contribution in [0.3, 0.4) is 0 Å². The SMILES string of the molecule is NC(=O)c1nc(-c2cccc(Cl)c2)n(COCCO)n1. The van der Waals surface area contributed by atoms with Crippen molar-refractivity contribution < 1.29 is 14.6 Å². The van der Waals surface area contributed by atoms with Gasteiger partial charge >= 0.3 is 0 Å². The Balaban J connectivity index is 2.36. The molecule has 1 amide bonds. The molecule has 1 aromatic carbocycles. The molecule has 20 heavy (non-hydrogen) atoms. The number of amides is 1. The highest BCUT2D eigenvalue weighted by atomic mass is 35.5. The molecule has 0 spiro atoms. The zero-order valence-corrected chi connectivity index (χ0v) is 11.2. The van der Waals surface area contributed by atoms with Gasteiger partial charge in [-0.2, -0.15) is 0 Å². The number of aliphatic hydroxyl groups excluding tert-OH is 1. The lowest BCUT2D eigenvalue weighted by Crippen LogP contribution is -2.14. The maximum Gasteiger partial charge on any atom is 0.288 e. The first-order valence-electron chi connectivity index (χ1n) is 5.81. The number of nitrogens with two attached hydrogens (primary N) is 1. The van der Waals surface area contributed by atoms with Gasteiger partial charge in [0.2, 0.25) is 5.82 Å². The van der Waals surface area contributed by atoms with Gasteiger partial charge in [-0.3, -0.25) is 4.79 Å². The molecule has 0 aliphatic heterocycles. The highest BCUT2D eigenvalue weighted by Gasteiger charge is 2.15. The standard InChI is InChI=1S/C12H13ClN4O3/c13-9-3-1-2-8(6-9)12-15-11(10(14)19)16-17(12)7-20-5-4-18/h1-3,6,18H,4-5,7H2,(H2,14,19). The third-order valence-corrected chi connectivity index (χ3v) is 2.66. The highest BCUT2D eigenvalue weighted by molar-refractivity contribution is 6.30. The van der Waals surface area contributed by atoms with E-state index in [0.717, 1.165) is 0 Å². The summed E-state index contributed by atoms with van der Waals surface area (Å²) in [6, 6.07) is 6.96. The number of hydrogen-bond donors (Lipinski definition) is 2. The van der Waals surface area contributed by atoms with Crippen LogP contribution in [0.25, 0.3) is 11.4 Å². The van der Waals surface area contributed by atoms with Crippen molar-refractivity contribution in [1.82, 2.24) is 14.8 Å². The Labute approximate surface area is 119 Å². The number of carbonyl (C=O) groups excluding carboxylic acids is 1.